The highest BCUT2D eigenvalue weighted by Crippen LogP contribution is 2.42. The van der Waals surface area contributed by atoms with Crippen LogP contribution in [0.5, 0.6) is 0 Å². The van der Waals surface area contributed by atoms with Crippen molar-refractivity contribution in [2.24, 2.45) is 0 Å². The Kier molecular flexibility index (Phi) is 3.25. The topological polar surface area (TPSA) is 12.0 Å². The molecule has 20 heavy (non-hydrogen) atoms. The quantitative estimate of drug-likeness (QED) is 0.804. The maximum absolute atomic E-state index is 13.3. The van der Waals surface area contributed by atoms with E-state index in [9.17, 15) is 4.39 Å². The summed E-state index contributed by atoms with van der Waals surface area (Å²) in [5.41, 5.74) is 3.81. The highest BCUT2D eigenvalue weighted by atomic mass is 19.1. The van der Waals surface area contributed by atoms with Gasteiger partial charge in [0, 0.05) is 5.69 Å². The predicted molar refractivity (Wildman–Crippen MR) is 81.5 cm³/mol. The van der Waals surface area contributed by atoms with E-state index < -0.39 is 0 Å². The molecular formula is C18H20FN. The monoisotopic (exact) mass is 269 g/mol. The lowest BCUT2D eigenvalue weighted by molar-refractivity contribution is 0.406. The van der Waals surface area contributed by atoms with E-state index in [4.69, 9.17) is 0 Å². The molecule has 0 fully saturated rings. The van der Waals surface area contributed by atoms with E-state index in [2.05, 4.69) is 43.4 Å². The normalized spacial score (nSPS) is 20.2. The van der Waals surface area contributed by atoms with E-state index in [1.807, 2.05) is 6.07 Å². The van der Waals surface area contributed by atoms with Crippen LogP contribution in [0.3, 0.4) is 0 Å². The summed E-state index contributed by atoms with van der Waals surface area (Å²) in [4.78, 5) is 0. The second-order valence-corrected chi connectivity index (χ2v) is 6.22. The molecule has 0 amide bonds. The van der Waals surface area contributed by atoms with Crippen molar-refractivity contribution in [3.05, 3.63) is 65.5 Å². The van der Waals surface area contributed by atoms with Crippen molar-refractivity contribution >= 4 is 5.69 Å². The zero-order chi connectivity index (χ0) is 14.2. The second-order valence-electron chi connectivity index (χ2n) is 6.22. The third-order valence-electron chi connectivity index (χ3n) is 4.29. The van der Waals surface area contributed by atoms with E-state index in [1.54, 1.807) is 12.1 Å². The lowest BCUT2D eigenvalue weighted by Crippen LogP contribution is -2.29. The van der Waals surface area contributed by atoms with Gasteiger partial charge in [0.05, 0.1) is 6.04 Å². The largest absolute Gasteiger partial charge is 0.378 e. The zero-order valence-electron chi connectivity index (χ0n) is 12.0. The molecule has 0 aromatic heterocycles. The Balaban J connectivity index is 1.92. The SMILES string of the molecule is CC1(C)CCC(Nc2cccc(F)c2)c2ccccc21. The molecule has 0 spiro atoms. The highest BCUT2D eigenvalue weighted by molar-refractivity contribution is 5.48. The van der Waals surface area contributed by atoms with Crippen LogP contribution >= 0.6 is 0 Å². The fourth-order valence-electron chi connectivity index (χ4n) is 3.14. The first-order valence-corrected chi connectivity index (χ1v) is 7.18. The smallest absolute Gasteiger partial charge is 0.125 e. The molecule has 3 rings (SSSR count). The number of hydrogen-bond acceptors (Lipinski definition) is 1. The number of rotatable bonds is 2. The molecule has 0 saturated heterocycles. The average molecular weight is 269 g/mol. The van der Waals surface area contributed by atoms with Crippen LogP contribution in [-0.2, 0) is 5.41 Å². The fourth-order valence-corrected chi connectivity index (χ4v) is 3.14. The van der Waals surface area contributed by atoms with Gasteiger partial charge >= 0.3 is 0 Å². The number of nitrogens with one attached hydrogen (secondary N) is 1. The number of hydrogen-bond donors (Lipinski definition) is 1. The van der Waals surface area contributed by atoms with Crippen molar-refractivity contribution in [3.8, 4) is 0 Å². The van der Waals surface area contributed by atoms with E-state index in [0.717, 1.165) is 18.5 Å². The van der Waals surface area contributed by atoms with Gasteiger partial charge in [-0.25, -0.2) is 4.39 Å². The molecule has 0 bridgehead atoms. The molecule has 1 aliphatic rings. The Labute approximate surface area is 119 Å². The third-order valence-corrected chi connectivity index (χ3v) is 4.29. The Morgan fingerprint density at radius 1 is 1.10 bits per heavy atom. The van der Waals surface area contributed by atoms with Crippen LogP contribution in [0.15, 0.2) is 48.5 Å². The van der Waals surface area contributed by atoms with Crippen LogP contribution in [0.4, 0.5) is 10.1 Å². The second kappa shape index (κ2) is 4.93. The molecule has 1 nitrogen and oxygen atoms in total. The van der Waals surface area contributed by atoms with Crippen LogP contribution in [0.2, 0.25) is 0 Å². The summed E-state index contributed by atoms with van der Waals surface area (Å²) in [7, 11) is 0. The first-order chi connectivity index (χ1) is 9.56. The first kappa shape index (κ1) is 13.2. The molecule has 0 saturated carbocycles. The molecular weight excluding hydrogens is 249 g/mol. The maximum Gasteiger partial charge on any atom is 0.125 e. The first-order valence-electron chi connectivity index (χ1n) is 7.18. The molecule has 0 heterocycles. The molecule has 104 valence electrons. The third kappa shape index (κ3) is 2.43. The van der Waals surface area contributed by atoms with Crippen molar-refractivity contribution in [1.29, 1.82) is 0 Å². The number of halogens is 1. The van der Waals surface area contributed by atoms with Crippen molar-refractivity contribution in [2.75, 3.05) is 5.32 Å². The molecule has 1 N–H and O–H groups in total. The van der Waals surface area contributed by atoms with E-state index in [-0.39, 0.29) is 17.3 Å². The van der Waals surface area contributed by atoms with Gasteiger partial charge in [-0.3, -0.25) is 0 Å². The highest BCUT2D eigenvalue weighted by Gasteiger charge is 2.32. The fraction of sp³-hybridized carbons (Fsp3) is 0.333. The summed E-state index contributed by atoms with van der Waals surface area (Å²) in [6.45, 7) is 4.59. The minimum atomic E-state index is -0.195. The van der Waals surface area contributed by atoms with Gasteiger partial charge in [-0.1, -0.05) is 44.2 Å². The van der Waals surface area contributed by atoms with Gasteiger partial charge in [0.15, 0.2) is 0 Å². The zero-order valence-corrected chi connectivity index (χ0v) is 12.0. The molecule has 2 aromatic carbocycles. The lowest BCUT2D eigenvalue weighted by Gasteiger charge is -2.37. The van der Waals surface area contributed by atoms with Crippen LogP contribution in [0.1, 0.15) is 43.9 Å². The van der Waals surface area contributed by atoms with Crippen molar-refractivity contribution in [2.45, 2.75) is 38.1 Å². The molecule has 2 aromatic rings. The van der Waals surface area contributed by atoms with E-state index >= 15 is 0 Å². The van der Waals surface area contributed by atoms with Crippen LogP contribution in [-0.4, -0.2) is 0 Å². The van der Waals surface area contributed by atoms with Gasteiger partial charge in [0.25, 0.3) is 0 Å². The number of fused-ring (bicyclic) bond motifs is 1. The van der Waals surface area contributed by atoms with Gasteiger partial charge in [-0.2, -0.15) is 0 Å². The van der Waals surface area contributed by atoms with Crippen LogP contribution < -0.4 is 5.32 Å². The van der Waals surface area contributed by atoms with Gasteiger partial charge in [0.1, 0.15) is 5.82 Å². The number of anilines is 1. The molecule has 0 radical (unpaired) electrons. The Morgan fingerprint density at radius 3 is 2.70 bits per heavy atom. The van der Waals surface area contributed by atoms with E-state index in [1.165, 1.54) is 17.2 Å². The minimum Gasteiger partial charge on any atom is -0.378 e. The molecule has 1 aliphatic carbocycles. The molecule has 1 atom stereocenters. The molecule has 2 heteroatoms. The van der Waals surface area contributed by atoms with Gasteiger partial charge in [0.2, 0.25) is 0 Å². The van der Waals surface area contributed by atoms with E-state index in [0.29, 0.717) is 0 Å². The van der Waals surface area contributed by atoms with Gasteiger partial charge in [-0.15, -0.1) is 0 Å². The van der Waals surface area contributed by atoms with Crippen LogP contribution in [0, 0.1) is 5.82 Å². The summed E-state index contributed by atoms with van der Waals surface area (Å²) < 4.78 is 13.3. The van der Waals surface area contributed by atoms with Crippen molar-refractivity contribution < 1.29 is 4.39 Å². The molecule has 0 aliphatic heterocycles. The Morgan fingerprint density at radius 2 is 1.90 bits per heavy atom. The van der Waals surface area contributed by atoms with Crippen LogP contribution in [0.25, 0.3) is 0 Å². The Hall–Kier alpha value is -1.83. The standard InChI is InChI=1S/C18H20FN/c1-18(2)11-10-17(15-8-3-4-9-16(15)18)20-14-7-5-6-13(19)12-14/h3-9,12,17,20H,10-11H2,1-2H3. The van der Waals surface area contributed by atoms with Gasteiger partial charge < -0.3 is 5.32 Å². The minimum absolute atomic E-state index is 0.195. The lowest BCUT2D eigenvalue weighted by atomic mass is 9.71. The summed E-state index contributed by atoms with van der Waals surface area (Å²) in [5, 5.41) is 3.48. The summed E-state index contributed by atoms with van der Waals surface area (Å²) in [6, 6.07) is 15.6. The summed E-state index contributed by atoms with van der Waals surface area (Å²) >= 11 is 0. The molecule has 1 unspecified atom stereocenters. The van der Waals surface area contributed by atoms with Crippen molar-refractivity contribution in [1.82, 2.24) is 0 Å². The summed E-state index contributed by atoms with van der Waals surface area (Å²) in [5.74, 6) is -0.195. The predicted octanol–water partition coefficient (Wildman–Crippen LogP) is 5.05. The van der Waals surface area contributed by atoms with Crippen molar-refractivity contribution in [3.63, 3.8) is 0 Å². The summed E-state index contributed by atoms with van der Waals surface area (Å²) in [6.07, 6.45) is 2.21. The number of benzene rings is 2. The Bertz CT molecular complexity index is 618. The average Bonchev–Trinajstić information content (AvgIpc) is 2.43. The van der Waals surface area contributed by atoms with Gasteiger partial charge in [-0.05, 0) is 47.6 Å². The maximum atomic E-state index is 13.3.